The maximum absolute atomic E-state index is 6.20. The summed E-state index contributed by atoms with van der Waals surface area (Å²) in [7, 11) is 0. The molecular weight excluding hydrogens is 292 g/mol. The van der Waals surface area contributed by atoms with Crippen LogP contribution in [0.4, 0.5) is 0 Å². The number of aromatic nitrogens is 3. The van der Waals surface area contributed by atoms with Crippen molar-refractivity contribution in [2.24, 2.45) is 5.73 Å². The molecule has 0 radical (unpaired) electrons. The van der Waals surface area contributed by atoms with Gasteiger partial charge in [-0.15, -0.1) is 12.4 Å². The SMILES string of the molecule is CC(C)Oc1cccnc1-c1nc(C2(N)CCC2)no1.Cl. The van der Waals surface area contributed by atoms with Crippen LogP contribution >= 0.6 is 12.4 Å². The van der Waals surface area contributed by atoms with Gasteiger partial charge in [0.25, 0.3) is 5.89 Å². The Kier molecular flexibility index (Phi) is 4.49. The fourth-order valence-electron chi connectivity index (χ4n) is 2.20. The number of ether oxygens (including phenoxy) is 1. The van der Waals surface area contributed by atoms with E-state index in [0.717, 1.165) is 19.3 Å². The number of rotatable bonds is 4. The van der Waals surface area contributed by atoms with E-state index in [4.69, 9.17) is 15.0 Å². The van der Waals surface area contributed by atoms with Crippen molar-refractivity contribution in [3.05, 3.63) is 24.2 Å². The molecule has 2 aromatic heterocycles. The molecule has 114 valence electrons. The first-order valence-corrected chi connectivity index (χ1v) is 6.83. The van der Waals surface area contributed by atoms with E-state index in [1.54, 1.807) is 6.20 Å². The fourth-order valence-corrected chi connectivity index (χ4v) is 2.20. The lowest BCUT2D eigenvalue weighted by molar-refractivity contribution is 0.229. The van der Waals surface area contributed by atoms with Crippen molar-refractivity contribution in [3.8, 4) is 17.3 Å². The maximum Gasteiger partial charge on any atom is 0.280 e. The molecule has 2 heterocycles. The Bertz CT molecular complexity index is 611. The Hall–Kier alpha value is -1.66. The van der Waals surface area contributed by atoms with Gasteiger partial charge in [-0.2, -0.15) is 4.98 Å². The van der Waals surface area contributed by atoms with Crippen LogP contribution in [0.25, 0.3) is 11.6 Å². The Morgan fingerprint density at radius 1 is 1.38 bits per heavy atom. The van der Waals surface area contributed by atoms with Crippen LogP contribution in [-0.2, 0) is 5.54 Å². The molecule has 0 atom stereocenters. The van der Waals surface area contributed by atoms with Crippen molar-refractivity contribution in [1.29, 1.82) is 0 Å². The lowest BCUT2D eigenvalue weighted by Gasteiger charge is -2.34. The molecule has 0 unspecified atom stereocenters. The number of hydrogen-bond acceptors (Lipinski definition) is 6. The summed E-state index contributed by atoms with van der Waals surface area (Å²) in [6.07, 6.45) is 4.61. The average Bonchev–Trinajstić information content (AvgIpc) is 2.85. The average molecular weight is 311 g/mol. The zero-order chi connectivity index (χ0) is 14.2. The van der Waals surface area contributed by atoms with Crippen LogP contribution in [0.1, 0.15) is 38.9 Å². The molecule has 1 aliphatic rings. The molecule has 0 amide bonds. The molecule has 0 aromatic carbocycles. The lowest BCUT2D eigenvalue weighted by atomic mass is 9.77. The highest BCUT2D eigenvalue weighted by molar-refractivity contribution is 5.85. The van der Waals surface area contributed by atoms with Crippen LogP contribution in [0.15, 0.2) is 22.9 Å². The number of halogens is 1. The molecule has 6 nitrogen and oxygen atoms in total. The lowest BCUT2D eigenvalue weighted by Crippen LogP contribution is -2.44. The van der Waals surface area contributed by atoms with E-state index in [-0.39, 0.29) is 18.5 Å². The second-order valence-electron chi connectivity index (χ2n) is 5.45. The first-order chi connectivity index (χ1) is 9.58. The van der Waals surface area contributed by atoms with Gasteiger partial charge < -0.3 is 15.0 Å². The topological polar surface area (TPSA) is 87.1 Å². The van der Waals surface area contributed by atoms with Gasteiger partial charge >= 0.3 is 0 Å². The van der Waals surface area contributed by atoms with Gasteiger partial charge in [0.1, 0.15) is 0 Å². The number of nitrogens with zero attached hydrogens (tertiary/aromatic N) is 3. The van der Waals surface area contributed by atoms with Gasteiger partial charge in [0.2, 0.25) is 0 Å². The van der Waals surface area contributed by atoms with E-state index in [1.807, 2.05) is 26.0 Å². The van der Waals surface area contributed by atoms with Gasteiger partial charge in [-0.25, -0.2) is 4.98 Å². The number of hydrogen-bond donors (Lipinski definition) is 1. The monoisotopic (exact) mass is 310 g/mol. The minimum absolute atomic E-state index is 0. The van der Waals surface area contributed by atoms with Crippen molar-refractivity contribution < 1.29 is 9.26 Å². The standard InChI is InChI=1S/C14H18N4O2.ClH/c1-9(2)19-10-5-3-8-16-11(10)12-17-13(18-20-12)14(15)6-4-7-14;/h3,5,8-9H,4,6-7,15H2,1-2H3;1H. The van der Waals surface area contributed by atoms with E-state index in [9.17, 15) is 0 Å². The molecule has 0 spiro atoms. The van der Waals surface area contributed by atoms with E-state index < -0.39 is 5.54 Å². The van der Waals surface area contributed by atoms with Crippen LogP contribution in [0, 0.1) is 0 Å². The minimum Gasteiger partial charge on any atom is -0.489 e. The summed E-state index contributed by atoms with van der Waals surface area (Å²) < 4.78 is 11.0. The van der Waals surface area contributed by atoms with Gasteiger partial charge in [-0.1, -0.05) is 5.16 Å². The molecule has 1 fully saturated rings. The van der Waals surface area contributed by atoms with Crippen LogP contribution < -0.4 is 10.5 Å². The van der Waals surface area contributed by atoms with Crippen LogP contribution in [-0.4, -0.2) is 21.2 Å². The van der Waals surface area contributed by atoms with E-state index >= 15 is 0 Å². The third kappa shape index (κ3) is 3.01. The first kappa shape index (κ1) is 15.7. The zero-order valence-electron chi connectivity index (χ0n) is 12.1. The predicted molar refractivity (Wildman–Crippen MR) is 80.3 cm³/mol. The highest BCUT2D eigenvalue weighted by atomic mass is 35.5. The van der Waals surface area contributed by atoms with Crippen molar-refractivity contribution in [2.45, 2.75) is 44.8 Å². The van der Waals surface area contributed by atoms with E-state index in [0.29, 0.717) is 23.2 Å². The summed E-state index contributed by atoms with van der Waals surface area (Å²) in [5.74, 6) is 1.55. The van der Waals surface area contributed by atoms with Crippen molar-refractivity contribution in [3.63, 3.8) is 0 Å². The fraction of sp³-hybridized carbons (Fsp3) is 0.500. The Balaban J connectivity index is 0.00000161. The first-order valence-electron chi connectivity index (χ1n) is 6.83. The third-order valence-electron chi connectivity index (χ3n) is 3.45. The van der Waals surface area contributed by atoms with Gasteiger partial charge in [0, 0.05) is 6.20 Å². The molecular formula is C14H19ClN4O2. The summed E-state index contributed by atoms with van der Waals surface area (Å²) in [5.41, 5.74) is 6.32. The molecule has 2 N–H and O–H groups in total. The van der Waals surface area contributed by atoms with Gasteiger partial charge in [-0.05, 0) is 45.2 Å². The smallest absolute Gasteiger partial charge is 0.280 e. The highest BCUT2D eigenvalue weighted by Crippen LogP contribution is 2.38. The van der Waals surface area contributed by atoms with Crippen LogP contribution in [0.3, 0.4) is 0 Å². The summed E-state index contributed by atoms with van der Waals surface area (Å²) >= 11 is 0. The third-order valence-corrected chi connectivity index (χ3v) is 3.45. The molecule has 0 saturated heterocycles. The second-order valence-corrected chi connectivity index (χ2v) is 5.45. The molecule has 0 aliphatic heterocycles. The minimum atomic E-state index is -0.435. The van der Waals surface area contributed by atoms with Gasteiger partial charge in [-0.3, -0.25) is 0 Å². The van der Waals surface area contributed by atoms with Crippen molar-refractivity contribution in [2.75, 3.05) is 0 Å². The number of nitrogens with two attached hydrogens (primary N) is 1. The summed E-state index contributed by atoms with van der Waals surface area (Å²) in [6, 6.07) is 3.66. The molecule has 21 heavy (non-hydrogen) atoms. The quantitative estimate of drug-likeness (QED) is 0.934. The van der Waals surface area contributed by atoms with Crippen molar-refractivity contribution >= 4 is 12.4 Å². The summed E-state index contributed by atoms with van der Waals surface area (Å²) in [6.45, 7) is 3.92. The van der Waals surface area contributed by atoms with Gasteiger partial charge in [0.05, 0.1) is 11.6 Å². The zero-order valence-corrected chi connectivity index (χ0v) is 12.9. The summed E-state index contributed by atoms with van der Waals surface area (Å²) in [4.78, 5) is 8.68. The molecule has 1 saturated carbocycles. The molecule has 3 rings (SSSR count). The highest BCUT2D eigenvalue weighted by Gasteiger charge is 2.39. The number of pyridine rings is 1. The van der Waals surface area contributed by atoms with Gasteiger partial charge in [0.15, 0.2) is 17.3 Å². The largest absolute Gasteiger partial charge is 0.489 e. The molecule has 0 bridgehead atoms. The normalized spacial score (nSPS) is 16.2. The predicted octanol–water partition coefficient (Wildman–Crippen LogP) is 2.68. The molecule has 1 aliphatic carbocycles. The maximum atomic E-state index is 6.20. The van der Waals surface area contributed by atoms with E-state index in [1.165, 1.54) is 0 Å². The second kappa shape index (κ2) is 5.99. The van der Waals surface area contributed by atoms with Crippen molar-refractivity contribution in [1.82, 2.24) is 15.1 Å². The Morgan fingerprint density at radius 2 is 2.14 bits per heavy atom. The van der Waals surface area contributed by atoms with Crippen LogP contribution in [0.2, 0.25) is 0 Å². The Labute approximate surface area is 129 Å². The Morgan fingerprint density at radius 3 is 2.76 bits per heavy atom. The van der Waals surface area contributed by atoms with Crippen LogP contribution in [0.5, 0.6) is 5.75 Å². The molecule has 7 heteroatoms. The van der Waals surface area contributed by atoms with E-state index in [2.05, 4.69) is 15.1 Å². The summed E-state index contributed by atoms with van der Waals surface area (Å²) in [5, 5.41) is 4.00. The molecule has 2 aromatic rings.